The zero-order chi connectivity index (χ0) is 8.15. The van der Waals surface area contributed by atoms with Gasteiger partial charge in [0.1, 0.15) is 0 Å². The summed E-state index contributed by atoms with van der Waals surface area (Å²) in [6.07, 6.45) is 0.912. The Hall–Kier alpha value is -0.630. The third-order valence-electron chi connectivity index (χ3n) is 0.762. The molecular weight excluding hydrogens is 158 g/mol. The van der Waals surface area contributed by atoms with Crippen LogP contribution in [0.15, 0.2) is 36.5 Å². The fourth-order valence-corrected chi connectivity index (χ4v) is 0.373. The minimum absolute atomic E-state index is 0.0840. The molecule has 0 nitrogen and oxygen atoms in total. The molecule has 0 unspecified atom stereocenters. The van der Waals surface area contributed by atoms with E-state index in [0.29, 0.717) is 5.57 Å². The zero-order valence-corrected chi connectivity index (χ0v) is 6.09. The van der Waals surface area contributed by atoms with Crippen LogP contribution in [-0.2, 0) is 0 Å². The number of alkyl halides is 1. The SMILES string of the molecule is C=C(C=C(F)C(=C)F)CCl. The first-order valence-corrected chi connectivity index (χ1v) is 3.07. The fourth-order valence-electron chi connectivity index (χ4n) is 0.296. The molecule has 3 heteroatoms. The van der Waals surface area contributed by atoms with Crippen LogP contribution in [-0.4, -0.2) is 5.88 Å². The number of halogens is 3. The molecule has 0 heterocycles. The van der Waals surface area contributed by atoms with Crippen LogP contribution in [0.4, 0.5) is 8.78 Å². The van der Waals surface area contributed by atoms with Gasteiger partial charge in [-0.05, 0) is 11.6 Å². The molecule has 0 aromatic rings. The third kappa shape index (κ3) is 3.41. The Kier molecular flexibility index (Phi) is 3.96. The highest BCUT2D eigenvalue weighted by molar-refractivity contribution is 6.19. The van der Waals surface area contributed by atoms with Crippen molar-refractivity contribution < 1.29 is 8.78 Å². The molecule has 0 rings (SSSR count). The molecule has 0 amide bonds. The van der Waals surface area contributed by atoms with Gasteiger partial charge in [-0.2, -0.15) is 0 Å². The minimum Gasteiger partial charge on any atom is -0.204 e. The predicted octanol–water partition coefficient (Wildman–Crippen LogP) is 3.12. The topological polar surface area (TPSA) is 0 Å². The van der Waals surface area contributed by atoms with Gasteiger partial charge < -0.3 is 0 Å². The van der Waals surface area contributed by atoms with Gasteiger partial charge in [0.25, 0.3) is 0 Å². The predicted molar refractivity (Wildman–Crippen MR) is 39.3 cm³/mol. The highest BCUT2D eigenvalue weighted by Gasteiger charge is 1.98. The van der Waals surface area contributed by atoms with E-state index in [-0.39, 0.29) is 5.88 Å². The Balaban J connectivity index is 4.16. The van der Waals surface area contributed by atoms with Crippen LogP contribution in [0.25, 0.3) is 0 Å². The molecule has 0 aliphatic carbocycles. The summed E-state index contributed by atoms with van der Waals surface area (Å²) in [6, 6.07) is 0. The van der Waals surface area contributed by atoms with Crippen LogP contribution >= 0.6 is 11.6 Å². The molecule has 0 saturated heterocycles. The second-order valence-electron chi connectivity index (χ2n) is 1.69. The molecule has 0 aliphatic heterocycles. The highest BCUT2D eigenvalue weighted by Crippen LogP contribution is 2.12. The smallest absolute Gasteiger partial charge is 0.158 e. The highest BCUT2D eigenvalue weighted by atomic mass is 35.5. The summed E-state index contributed by atoms with van der Waals surface area (Å²) in [7, 11) is 0. The molecule has 0 radical (unpaired) electrons. The van der Waals surface area contributed by atoms with E-state index >= 15 is 0 Å². The first kappa shape index (κ1) is 9.37. The van der Waals surface area contributed by atoms with E-state index in [1.807, 2.05) is 0 Å². The van der Waals surface area contributed by atoms with Crippen molar-refractivity contribution >= 4 is 11.6 Å². The Morgan fingerprint density at radius 2 is 1.90 bits per heavy atom. The van der Waals surface area contributed by atoms with E-state index in [4.69, 9.17) is 11.6 Å². The first-order valence-electron chi connectivity index (χ1n) is 2.53. The molecule has 0 saturated carbocycles. The average Bonchev–Trinajstić information content (AvgIpc) is 1.87. The van der Waals surface area contributed by atoms with Gasteiger partial charge in [-0.1, -0.05) is 13.2 Å². The summed E-state index contributed by atoms with van der Waals surface area (Å²) in [6.45, 7) is 6.09. The number of hydrogen-bond acceptors (Lipinski definition) is 0. The maximum atomic E-state index is 12.2. The second-order valence-corrected chi connectivity index (χ2v) is 1.96. The van der Waals surface area contributed by atoms with Crippen molar-refractivity contribution in [3.8, 4) is 0 Å². The van der Waals surface area contributed by atoms with Gasteiger partial charge >= 0.3 is 0 Å². The largest absolute Gasteiger partial charge is 0.204 e. The average molecular weight is 165 g/mol. The van der Waals surface area contributed by atoms with Crippen molar-refractivity contribution in [3.63, 3.8) is 0 Å². The van der Waals surface area contributed by atoms with Crippen molar-refractivity contribution in [2.45, 2.75) is 0 Å². The Morgan fingerprint density at radius 3 is 2.20 bits per heavy atom. The lowest BCUT2D eigenvalue weighted by molar-refractivity contribution is 0.547. The summed E-state index contributed by atoms with van der Waals surface area (Å²) in [4.78, 5) is 0. The van der Waals surface area contributed by atoms with E-state index in [9.17, 15) is 8.78 Å². The van der Waals surface area contributed by atoms with Gasteiger partial charge in [0.2, 0.25) is 0 Å². The van der Waals surface area contributed by atoms with Gasteiger partial charge in [-0.3, -0.25) is 0 Å². The van der Waals surface area contributed by atoms with Crippen LogP contribution in [0.5, 0.6) is 0 Å². The summed E-state index contributed by atoms with van der Waals surface area (Å²) in [5, 5.41) is 0. The van der Waals surface area contributed by atoms with Crippen molar-refractivity contribution in [2.24, 2.45) is 0 Å². The molecule has 0 bridgehead atoms. The standard InChI is InChI=1S/C7H7ClF2/c1-5(4-8)3-7(10)6(2)9/h3H,1-2,4H2. The van der Waals surface area contributed by atoms with Crippen molar-refractivity contribution in [1.82, 2.24) is 0 Å². The molecule has 0 fully saturated rings. The molecule has 0 spiro atoms. The van der Waals surface area contributed by atoms with Crippen LogP contribution in [0.2, 0.25) is 0 Å². The third-order valence-corrected chi connectivity index (χ3v) is 1.10. The lowest BCUT2D eigenvalue weighted by atomic mass is 10.3. The van der Waals surface area contributed by atoms with Gasteiger partial charge in [-0.15, -0.1) is 11.6 Å². The molecule has 0 aromatic heterocycles. The molecule has 0 aromatic carbocycles. The van der Waals surface area contributed by atoms with Crippen molar-refractivity contribution in [1.29, 1.82) is 0 Å². The molecular formula is C7H7ClF2. The Bertz CT molecular complexity index is 182. The van der Waals surface area contributed by atoms with Crippen molar-refractivity contribution in [3.05, 3.63) is 36.5 Å². The Morgan fingerprint density at radius 1 is 1.40 bits per heavy atom. The van der Waals surface area contributed by atoms with Gasteiger partial charge in [0, 0.05) is 5.88 Å². The van der Waals surface area contributed by atoms with E-state index in [1.54, 1.807) is 0 Å². The Labute approximate surface area is 63.5 Å². The summed E-state index contributed by atoms with van der Waals surface area (Å²) in [5.41, 5.74) is 0.318. The lowest BCUT2D eigenvalue weighted by Crippen LogP contribution is -1.78. The molecule has 0 atom stereocenters. The van der Waals surface area contributed by atoms with Gasteiger partial charge in [0.15, 0.2) is 11.7 Å². The minimum atomic E-state index is -1.11. The summed E-state index contributed by atoms with van der Waals surface area (Å²) < 4.78 is 24.1. The van der Waals surface area contributed by atoms with E-state index in [2.05, 4.69) is 13.2 Å². The maximum absolute atomic E-state index is 12.2. The normalized spacial score (nSPS) is 11.3. The number of rotatable bonds is 3. The zero-order valence-electron chi connectivity index (χ0n) is 5.33. The summed E-state index contributed by atoms with van der Waals surface area (Å²) >= 11 is 5.24. The van der Waals surface area contributed by atoms with Crippen LogP contribution < -0.4 is 0 Å². The van der Waals surface area contributed by atoms with E-state index in [0.717, 1.165) is 6.08 Å². The quantitative estimate of drug-likeness (QED) is 0.444. The van der Waals surface area contributed by atoms with Crippen LogP contribution in [0, 0.1) is 0 Å². The van der Waals surface area contributed by atoms with Crippen LogP contribution in [0.1, 0.15) is 0 Å². The second kappa shape index (κ2) is 4.23. The van der Waals surface area contributed by atoms with E-state index < -0.39 is 11.7 Å². The monoisotopic (exact) mass is 164 g/mol. The van der Waals surface area contributed by atoms with Gasteiger partial charge in [0.05, 0.1) is 0 Å². The van der Waals surface area contributed by atoms with Gasteiger partial charge in [-0.25, -0.2) is 8.78 Å². The van der Waals surface area contributed by atoms with Crippen LogP contribution in [0.3, 0.4) is 0 Å². The molecule has 0 N–H and O–H groups in total. The maximum Gasteiger partial charge on any atom is 0.158 e. The summed E-state index contributed by atoms with van der Waals surface area (Å²) in [5.74, 6) is -2.04. The first-order chi connectivity index (χ1) is 4.57. The number of allylic oxidation sites excluding steroid dienone is 4. The van der Waals surface area contributed by atoms with E-state index in [1.165, 1.54) is 0 Å². The number of hydrogen-bond donors (Lipinski definition) is 0. The molecule has 56 valence electrons. The fraction of sp³-hybridized carbons (Fsp3) is 0.143. The molecule has 10 heavy (non-hydrogen) atoms. The lowest BCUT2D eigenvalue weighted by Gasteiger charge is -1.91. The van der Waals surface area contributed by atoms with Crippen molar-refractivity contribution in [2.75, 3.05) is 5.88 Å². The molecule has 0 aliphatic rings.